The number of primary amides is 1. The van der Waals surface area contributed by atoms with E-state index in [2.05, 4.69) is 10.5 Å². The zero-order valence-corrected chi connectivity index (χ0v) is 10.8. The number of nitrogens with two attached hydrogens (primary N) is 1. The standard InChI is InChI=1S/C11H14ClN3O3/c1-3-18-9-5-7(6-14-15-11(13)16)4-8(12)10(9)17-2/h4-6H,3H2,1-2H3,(H3,13,15,16). The van der Waals surface area contributed by atoms with Crippen molar-refractivity contribution in [2.75, 3.05) is 13.7 Å². The largest absolute Gasteiger partial charge is 0.491 e. The molecule has 0 atom stereocenters. The molecule has 1 aromatic rings. The fourth-order valence-corrected chi connectivity index (χ4v) is 1.59. The van der Waals surface area contributed by atoms with Crippen LogP contribution in [0, 0.1) is 0 Å². The molecule has 0 aliphatic rings. The number of amides is 2. The minimum Gasteiger partial charge on any atom is -0.491 e. The van der Waals surface area contributed by atoms with Crippen molar-refractivity contribution in [2.45, 2.75) is 6.92 Å². The molecule has 0 aromatic heterocycles. The van der Waals surface area contributed by atoms with E-state index in [9.17, 15) is 4.79 Å². The Balaban J connectivity index is 3.00. The van der Waals surface area contributed by atoms with Crippen molar-refractivity contribution >= 4 is 23.8 Å². The lowest BCUT2D eigenvalue weighted by molar-refractivity contribution is 0.249. The summed E-state index contributed by atoms with van der Waals surface area (Å²) in [6.45, 7) is 2.33. The Morgan fingerprint density at radius 3 is 2.89 bits per heavy atom. The van der Waals surface area contributed by atoms with Gasteiger partial charge in [-0.3, -0.25) is 0 Å². The number of hydrazone groups is 1. The summed E-state index contributed by atoms with van der Waals surface area (Å²) in [5.74, 6) is 0.964. The molecule has 3 N–H and O–H groups in total. The lowest BCUT2D eigenvalue weighted by atomic mass is 10.2. The second-order valence-electron chi connectivity index (χ2n) is 3.20. The van der Waals surface area contributed by atoms with Crippen LogP contribution in [0.4, 0.5) is 4.79 Å². The molecule has 0 bridgehead atoms. The number of nitrogens with zero attached hydrogens (tertiary/aromatic N) is 1. The number of carbonyl (C=O) groups excluding carboxylic acids is 1. The SMILES string of the molecule is CCOc1cc(C=NNC(N)=O)cc(Cl)c1OC. The molecule has 1 rings (SSSR count). The van der Waals surface area contributed by atoms with Gasteiger partial charge in [-0.05, 0) is 24.6 Å². The van der Waals surface area contributed by atoms with Crippen LogP contribution >= 0.6 is 11.6 Å². The van der Waals surface area contributed by atoms with Gasteiger partial charge in [-0.2, -0.15) is 5.10 Å². The molecule has 0 unspecified atom stereocenters. The molecule has 18 heavy (non-hydrogen) atoms. The normalized spacial score (nSPS) is 10.4. The van der Waals surface area contributed by atoms with Crippen molar-refractivity contribution in [2.24, 2.45) is 10.8 Å². The lowest BCUT2D eigenvalue weighted by Crippen LogP contribution is -2.24. The van der Waals surface area contributed by atoms with Crippen LogP contribution in [-0.2, 0) is 0 Å². The van der Waals surface area contributed by atoms with Crippen LogP contribution in [0.3, 0.4) is 0 Å². The number of hydrogen-bond acceptors (Lipinski definition) is 4. The van der Waals surface area contributed by atoms with Gasteiger partial charge in [-0.25, -0.2) is 10.2 Å². The van der Waals surface area contributed by atoms with Crippen LogP contribution < -0.4 is 20.6 Å². The first kappa shape index (κ1) is 14.1. The predicted molar refractivity (Wildman–Crippen MR) is 69.5 cm³/mol. The van der Waals surface area contributed by atoms with E-state index in [-0.39, 0.29) is 0 Å². The van der Waals surface area contributed by atoms with Crippen molar-refractivity contribution in [3.8, 4) is 11.5 Å². The third-order valence-corrected chi connectivity index (χ3v) is 2.20. The predicted octanol–water partition coefficient (Wildman–Crippen LogP) is 1.75. The van der Waals surface area contributed by atoms with E-state index in [1.54, 1.807) is 12.1 Å². The number of ether oxygens (including phenoxy) is 2. The zero-order chi connectivity index (χ0) is 13.5. The summed E-state index contributed by atoms with van der Waals surface area (Å²) >= 11 is 6.03. The number of hydrogen-bond donors (Lipinski definition) is 2. The van der Waals surface area contributed by atoms with Gasteiger partial charge in [0.05, 0.1) is 25.0 Å². The van der Waals surface area contributed by atoms with Gasteiger partial charge >= 0.3 is 6.03 Å². The van der Waals surface area contributed by atoms with Crippen LogP contribution in [0.15, 0.2) is 17.2 Å². The number of urea groups is 1. The molecule has 98 valence electrons. The number of carbonyl (C=O) groups is 1. The maximum atomic E-state index is 10.5. The monoisotopic (exact) mass is 271 g/mol. The summed E-state index contributed by atoms with van der Waals surface area (Å²) in [4.78, 5) is 10.5. The highest BCUT2D eigenvalue weighted by molar-refractivity contribution is 6.32. The van der Waals surface area contributed by atoms with Crippen LogP contribution in [0.2, 0.25) is 5.02 Å². The topological polar surface area (TPSA) is 85.9 Å². The van der Waals surface area contributed by atoms with Gasteiger partial charge in [0.2, 0.25) is 0 Å². The highest BCUT2D eigenvalue weighted by Crippen LogP contribution is 2.35. The third-order valence-electron chi connectivity index (χ3n) is 1.92. The molecular weight excluding hydrogens is 258 g/mol. The van der Waals surface area contributed by atoms with Crippen molar-refractivity contribution < 1.29 is 14.3 Å². The van der Waals surface area contributed by atoms with Crippen LogP contribution in [0.5, 0.6) is 11.5 Å². The van der Waals surface area contributed by atoms with E-state index >= 15 is 0 Å². The van der Waals surface area contributed by atoms with E-state index in [4.69, 9.17) is 26.8 Å². The van der Waals surface area contributed by atoms with Crippen molar-refractivity contribution in [3.05, 3.63) is 22.7 Å². The number of rotatable bonds is 5. The smallest absolute Gasteiger partial charge is 0.332 e. The molecular formula is C11H14ClN3O3. The van der Waals surface area contributed by atoms with Gasteiger partial charge in [0.1, 0.15) is 0 Å². The molecule has 0 saturated carbocycles. The van der Waals surface area contributed by atoms with E-state index in [0.29, 0.717) is 28.7 Å². The summed E-state index contributed by atoms with van der Waals surface area (Å²) in [5.41, 5.74) is 7.61. The average molecular weight is 272 g/mol. The summed E-state index contributed by atoms with van der Waals surface area (Å²) in [6.07, 6.45) is 1.40. The Labute approximate surface area is 110 Å². The fraction of sp³-hybridized carbons (Fsp3) is 0.273. The molecule has 0 radical (unpaired) electrons. The first-order valence-electron chi connectivity index (χ1n) is 5.17. The molecule has 7 heteroatoms. The average Bonchev–Trinajstić information content (AvgIpc) is 2.28. The van der Waals surface area contributed by atoms with Gasteiger partial charge in [0, 0.05) is 0 Å². The molecule has 0 fully saturated rings. The number of nitrogens with one attached hydrogen (secondary N) is 1. The highest BCUT2D eigenvalue weighted by atomic mass is 35.5. The highest BCUT2D eigenvalue weighted by Gasteiger charge is 2.10. The first-order valence-corrected chi connectivity index (χ1v) is 5.55. The molecule has 2 amide bonds. The van der Waals surface area contributed by atoms with Crippen LogP contribution in [-0.4, -0.2) is 26.0 Å². The van der Waals surface area contributed by atoms with Crippen molar-refractivity contribution in [1.82, 2.24) is 5.43 Å². The molecule has 6 nitrogen and oxygen atoms in total. The first-order chi connectivity index (χ1) is 8.58. The van der Waals surface area contributed by atoms with Gasteiger partial charge in [-0.1, -0.05) is 11.6 Å². The minimum atomic E-state index is -0.740. The number of benzene rings is 1. The molecule has 0 aliphatic carbocycles. The van der Waals surface area contributed by atoms with Crippen LogP contribution in [0.1, 0.15) is 12.5 Å². The number of methoxy groups -OCH3 is 1. The Morgan fingerprint density at radius 2 is 2.33 bits per heavy atom. The Hall–Kier alpha value is -1.95. The van der Waals surface area contributed by atoms with Gasteiger partial charge in [0.15, 0.2) is 11.5 Å². The second kappa shape index (κ2) is 6.70. The van der Waals surface area contributed by atoms with E-state index in [1.165, 1.54) is 13.3 Å². The summed E-state index contributed by atoms with van der Waals surface area (Å²) in [6, 6.07) is 2.59. The van der Waals surface area contributed by atoms with E-state index < -0.39 is 6.03 Å². The maximum absolute atomic E-state index is 10.5. The Morgan fingerprint density at radius 1 is 1.61 bits per heavy atom. The van der Waals surface area contributed by atoms with E-state index in [1.807, 2.05) is 6.92 Å². The third kappa shape index (κ3) is 3.81. The maximum Gasteiger partial charge on any atom is 0.332 e. The van der Waals surface area contributed by atoms with Gasteiger partial charge < -0.3 is 15.2 Å². The summed E-state index contributed by atoms with van der Waals surface area (Å²) in [7, 11) is 1.51. The molecule has 0 heterocycles. The van der Waals surface area contributed by atoms with Crippen molar-refractivity contribution in [3.63, 3.8) is 0 Å². The van der Waals surface area contributed by atoms with E-state index in [0.717, 1.165) is 0 Å². The number of halogens is 1. The molecule has 0 aliphatic heterocycles. The van der Waals surface area contributed by atoms with Crippen LogP contribution in [0.25, 0.3) is 0 Å². The summed E-state index contributed by atoms with van der Waals surface area (Å²) < 4.78 is 10.5. The molecule has 1 aromatic carbocycles. The fourth-order valence-electron chi connectivity index (χ4n) is 1.29. The Bertz CT molecular complexity index is 463. The van der Waals surface area contributed by atoms with Gasteiger partial charge in [0.25, 0.3) is 0 Å². The van der Waals surface area contributed by atoms with Gasteiger partial charge in [-0.15, -0.1) is 0 Å². The minimum absolute atomic E-state index is 0.393. The molecule has 0 spiro atoms. The quantitative estimate of drug-likeness (QED) is 0.632. The molecule has 0 saturated heterocycles. The summed E-state index contributed by atoms with van der Waals surface area (Å²) in [5, 5.41) is 4.03. The second-order valence-corrected chi connectivity index (χ2v) is 3.61. The Kier molecular flexibility index (Phi) is 5.26. The zero-order valence-electron chi connectivity index (χ0n) is 10.1. The lowest BCUT2D eigenvalue weighted by Gasteiger charge is -2.11. The van der Waals surface area contributed by atoms with Crippen molar-refractivity contribution in [1.29, 1.82) is 0 Å².